The molecule has 0 saturated carbocycles. The minimum Gasteiger partial charge on any atom is -0.369 e. The highest BCUT2D eigenvalue weighted by Crippen LogP contribution is 2.38. The number of alkyl halides is 6. The Morgan fingerprint density at radius 1 is 0.897 bits per heavy atom. The largest absolute Gasteiger partial charge is 0.416 e. The number of benzene rings is 1. The van der Waals surface area contributed by atoms with Crippen molar-refractivity contribution in [1.29, 1.82) is 0 Å². The second kappa shape index (κ2) is 8.02. The summed E-state index contributed by atoms with van der Waals surface area (Å²) in [5.74, 6) is 0. The molecule has 1 aromatic carbocycles. The molecule has 3 rings (SSSR count). The van der Waals surface area contributed by atoms with Gasteiger partial charge in [-0.25, -0.2) is 0 Å². The van der Waals surface area contributed by atoms with Gasteiger partial charge < -0.3 is 9.69 Å². The standard InChI is InChI=1S/C19H17F6N3O/c20-18(21,22)13-9-14(19(23,24)25)11-15(10-13)27-5-7-28(8-6-27)17(12-29)16-3-1-2-4-26-16/h1-4,9-12,17H,5-8H2. The van der Waals surface area contributed by atoms with Crippen molar-refractivity contribution in [3.05, 3.63) is 59.4 Å². The fraction of sp³-hybridized carbons (Fsp3) is 0.368. The molecule has 0 spiro atoms. The Bertz CT molecular complexity index is 813. The Morgan fingerprint density at radius 2 is 1.48 bits per heavy atom. The van der Waals surface area contributed by atoms with Crippen molar-refractivity contribution in [2.45, 2.75) is 18.4 Å². The van der Waals surface area contributed by atoms with Gasteiger partial charge in [0, 0.05) is 38.1 Å². The van der Waals surface area contributed by atoms with Gasteiger partial charge in [0.05, 0.1) is 16.8 Å². The van der Waals surface area contributed by atoms with Gasteiger partial charge in [-0.05, 0) is 30.3 Å². The fourth-order valence-corrected chi connectivity index (χ4v) is 3.27. The molecule has 0 amide bonds. The molecular weight excluding hydrogens is 400 g/mol. The number of carbonyl (C=O) groups is 1. The van der Waals surface area contributed by atoms with Crippen LogP contribution in [0.5, 0.6) is 0 Å². The first-order valence-electron chi connectivity index (χ1n) is 8.74. The number of nitrogens with zero attached hydrogens (tertiary/aromatic N) is 3. The number of carbonyl (C=O) groups excluding carboxylic acids is 1. The van der Waals surface area contributed by atoms with Gasteiger partial charge in [0.25, 0.3) is 0 Å². The van der Waals surface area contributed by atoms with E-state index in [4.69, 9.17) is 0 Å². The molecule has 29 heavy (non-hydrogen) atoms. The van der Waals surface area contributed by atoms with Crippen molar-refractivity contribution >= 4 is 12.0 Å². The molecule has 0 aliphatic carbocycles. The van der Waals surface area contributed by atoms with E-state index >= 15 is 0 Å². The van der Waals surface area contributed by atoms with Gasteiger partial charge in [-0.2, -0.15) is 26.3 Å². The van der Waals surface area contributed by atoms with Crippen molar-refractivity contribution < 1.29 is 31.1 Å². The van der Waals surface area contributed by atoms with Crippen molar-refractivity contribution in [3.8, 4) is 0 Å². The van der Waals surface area contributed by atoms with E-state index in [-0.39, 0.29) is 37.9 Å². The van der Waals surface area contributed by atoms with Crippen LogP contribution in [0.25, 0.3) is 0 Å². The van der Waals surface area contributed by atoms with Gasteiger partial charge in [0.2, 0.25) is 0 Å². The lowest BCUT2D eigenvalue weighted by Gasteiger charge is -2.38. The molecule has 0 N–H and O–H groups in total. The molecule has 1 aliphatic heterocycles. The van der Waals surface area contributed by atoms with Crippen LogP contribution in [0.4, 0.5) is 32.0 Å². The molecule has 1 saturated heterocycles. The Morgan fingerprint density at radius 3 is 1.93 bits per heavy atom. The highest BCUT2D eigenvalue weighted by Gasteiger charge is 2.37. The summed E-state index contributed by atoms with van der Waals surface area (Å²) in [7, 11) is 0. The molecule has 156 valence electrons. The maximum atomic E-state index is 13.1. The number of pyridine rings is 1. The monoisotopic (exact) mass is 417 g/mol. The van der Waals surface area contributed by atoms with Crippen LogP contribution < -0.4 is 4.90 Å². The van der Waals surface area contributed by atoms with Gasteiger partial charge in [-0.1, -0.05) is 6.07 Å². The Balaban J connectivity index is 1.81. The Kier molecular flexibility index (Phi) is 5.83. The van der Waals surface area contributed by atoms with E-state index in [1.165, 1.54) is 4.90 Å². The van der Waals surface area contributed by atoms with Crippen LogP contribution in [0.2, 0.25) is 0 Å². The molecule has 0 radical (unpaired) electrons. The summed E-state index contributed by atoms with van der Waals surface area (Å²) in [6, 6.07) is 6.07. The number of halogens is 6. The molecule has 10 heteroatoms. The first-order chi connectivity index (χ1) is 13.6. The van der Waals surface area contributed by atoms with Crippen LogP contribution >= 0.6 is 0 Å². The zero-order chi connectivity index (χ0) is 21.2. The lowest BCUT2D eigenvalue weighted by molar-refractivity contribution is -0.143. The number of piperazine rings is 1. The summed E-state index contributed by atoms with van der Waals surface area (Å²) in [6.07, 6.45) is -7.51. The molecule has 2 aromatic rings. The molecule has 1 fully saturated rings. The molecule has 1 atom stereocenters. The smallest absolute Gasteiger partial charge is 0.369 e. The van der Waals surface area contributed by atoms with Crippen LogP contribution in [0.1, 0.15) is 22.9 Å². The number of hydrogen-bond acceptors (Lipinski definition) is 4. The van der Waals surface area contributed by atoms with E-state index in [9.17, 15) is 31.1 Å². The van der Waals surface area contributed by atoms with E-state index in [2.05, 4.69) is 4.98 Å². The van der Waals surface area contributed by atoms with Crippen LogP contribution in [-0.4, -0.2) is 42.3 Å². The third kappa shape index (κ3) is 4.87. The van der Waals surface area contributed by atoms with Crippen LogP contribution in [-0.2, 0) is 17.1 Å². The number of anilines is 1. The quantitative estimate of drug-likeness (QED) is 0.553. The lowest BCUT2D eigenvalue weighted by atomic mass is 10.1. The average Bonchev–Trinajstić information content (AvgIpc) is 2.68. The molecule has 0 bridgehead atoms. The SMILES string of the molecule is O=CC(c1ccccn1)N1CCN(c2cc(C(F)(F)F)cc(C(F)(F)F)c2)CC1. The van der Waals surface area contributed by atoms with Crippen LogP contribution in [0.3, 0.4) is 0 Å². The Labute approximate surface area is 162 Å². The van der Waals surface area contributed by atoms with E-state index in [0.29, 0.717) is 5.69 Å². The van der Waals surface area contributed by atoms with Crippen molar-refractivity contribution in [2.75, 3.05) is 31.1 Å². The summed E-state index contributed by atoms with van der Waals surface area (Å²) < 4.78 is 78.4. The number of hydrogen-bond donors (Lipinski definition) is 0. The molecule has 2 heterocycles. The fourth-order valence-electron chi connectivity index (χ4n) is 3.27. The average molecular weight is 417 g/mol. The molecule has 1 unspecified atom stereocenters. The second-order valence-electron chi connectivity index (χ2n) is 6.62. The summed E-state index contributed by atoms with van der Waals surface area (Å²) in [5.41, 5.74) is -2.30. The normalized spacial score (nSPS) is 17.2. The van der Waals surface area contributed by atoms with E-state index in [1.807, 2.05) is 0 Å². The lowest BCUT2D eigenvalue weighted by Crippen LogP contribution is -2.48. The number of aldehydes is 1. The maximum Gasteiger partial charge on any atom is 0.416 e. The second-order valence-corrected chi connectivity index (χ2v) is 6.62. The highest BCUT2D eigenvalue weighted by atomic mass is 19.4. The minimum atomic E-state index is -4.89. The molecule has 1 aromatic heterocycles. The van der Waals surface area contributed by atoms with Gasteiger partial charge >= 0.3 is 12.4 Å². The highest BCUT2D eigenvalue weighted by molar-refractivity contribution is 5.60. The number of rotatable bonds is 4. The van der Waals surface area contributed by atoms with Crippen molar-refractivity contribution in [3.63, 3.8) is 0 Å². The summed E-state index contributed by atoms with van der Waals surface area (Å²) in [6.45, 7) is 0.931. The third-order valence-electron chi connectivity index (χ3n) is 4.76. The predicted molar refractivity (Wildman–Crippen MR) is 93.3 cm³/mol. The third-order valence-corrected chi connectivity index (χ3v) is 4.76. The van der Waals surface area contributed by atoms with Crippen LogP contribution in [0, 0.1) is 0 Å². The summed E-state index contributed by atoms with van der Waals surface area (Å²) >= 11 is 0. The van der Waals surface area contributed by atoms with Crippen molar-refractivity contribution in [1.82, 2.24) is 9.88 Å². The van der Waals surface area contributed by atoms with Crippen molar-refractivity contribution in [2.24, 2.45) is 0 Å². The van der Waals surface area contributed by atoms with Gasteiger partial charge in [-0.3, -0.25) is 9.88 Å². The van der Waals surface area contributed by atoms with E-state index < -0.39 is 29.5 Å². The topological polar surface area (TPSA) is 36.4 Å². The minimum absolute atomic E-state index is 0.114. The Hall–Kier alpha value is -2.62. The zero-order valence-corrected chi connectivity index (χ0v) is 15.0. The molecule has 4 nitrogen and oxygen atoms in total. The summed E-state index contributed by atoms with van der Waals surface area (Å²) in [4.78, 5) is 18.9. The van der Waals surface area contributed by atoms with Crippen LogP contribution in [0.15, 0.2) is 42.6 Å². The van der Waals surface area contributed by atoms with E-state index in [1.54, 1.807) is 29.3 Å². The summed E-state index contributed by atoms with van der Waals surface area (Å²) in [5, 5.41) is 0. The molecular formula is C19H17F6N3O. The first-order valence-corrected chi connectivity index (χ1v) is 8.74. The van der Waals surface area contributed by atoms with Gasteiger partial charge in [0.15, 0.2) is 0 Å². The van der Waals surface area contributed by atoms with Gasteiger partial charge in [-0.15, -0.1) is 0 Å². The maximum absolute atomic E-state index is 13.1. The predicted octanol–water partition coefficient (Wildman–Crippen LogP) is 4.18. The van der Waals surface area contributed by atoms with Gasteiger partial charge in [0.1, 0.15) is 12.3 Å². The first kappa shape index (κ1) is 21.1. The van der Waals surface area contributed by atoms with E-state index in [0.717, 1.165) is 18.4 Å². The zero-order valence-electron chi connectivity index (χ0n) is 15.0. The molecule has 1 aliphatic rings. The number of aromatic nitrogens is 1.